The van der Waals surface area contributed by atoms with E-state index in [1.807, 2.05) is 6.92 Å². The Balaban J connectivity index is 1.78. The number of amides is 1. The van der Waals surface area contributed by atoms with Gasteiger partial charge in [0, 0.05) is 32.1 Å². The SMILES string of the molecule is Cc1cnn(C2(C(=O)O)CCN(C(=O)c3ccc(Cl)s3)CC2)c1. The predicted molar refractivity (Wildman–Crippen MR) is 87.0 cm³/mol. The Bertz CT molecular complexity index is 747. The minimum Gasteiger partial charge on any atom is -0.479 e. The quantitative estimate of drug-likeness (QED) is 0.920. The third-order valence-corrected chi connectivity index (χ3v) is 5.43. The van der Waals surface area contributed by atoms with Crippen LogP contribution in [0.15, 0.2) is 24.5 Å². The lowest BCUT2D eigenvalue weighted by atomic mass is 9.87. The minimum atomic E-state index is -1.09. The zero-order valence-corrected chi connectivity index (χ0v) is 14.1. The molecule has 0 aliphatic carbocycles. The van der Waals surface area contributed by atoms with E-state index >= 15 is 0 Å². The van der Waals surface area contributed by atoms with Crippen molar-refractivity contribution >= 4 is 34.8 Å². The summed E-state index contributed by atoms with van der Waals surface area (Å²) in [5.74, 6) is -1.01. The van der Waals surface area contributed by atoms with Crippen LogP contribution >= 0.6 is 22.9 Å². The smallest absolute Gasteiger partial charge is 0.331 e. The molecule has 0 aromatic carbocycles. The molecular weight excluding hydrogens is 338 g/mol. The van der Waals surface area contributed by atoms with Gasteiger partial charge in [0.2, 0.25) is 0 Å². The number of likely N-dealkylation sites (tertiary alicyclic amines) is 1. The van der Waals surface area contributed by atoms with Gasteiger partial charge >= 0.3 is 5.97 Å². The monoisotopic (exact) mass is 353 g/mol. The molecule has 1 N–H and O–H groups in total. The number of nitrogens with zero attached hydrogens (tertiary/aromatic N) is 3. The van der Waals surface area contributed by atoms with Crippen molar-refractivity contribution in [1.29, 1.82) is 0 Å². The molecule has 122 valence electrons. The molecule has 0 spiro atoms. The molecule has 1 saturated heterocycles. The molecule has 3 heterocycles. The first kappa shape index (κ1) is 16.0. The van der Waals surface area contributed by atoms with Gasteiger partial charge in [-0.25, -0.2) is 4.79 Å². The van der Waals surface area contributed by atoms with Gasteiger partial charge in [-0.15, -0.1) is 11.3 Å². The van der Waals surface area contributed by atoms with Crippen LogP contribution < -0.4 is 0 Å². The van der Waals surface area contributed by atoms with Crippen molar-refractivity contribution in [3.05, 3.63) is 39.3 Å². The summed E-state index contributed by atoms with van der Waals surface area (Å²) in [7, 11) is 0. The average Bonchev–Trinajstić information content (AvgIpc) is 3.15. The Morgan fingerprint density at radius 3 is 2.52 bits per heavy atom. The van der Waals surface area contributed by atoms with Crippen LogP contribution in [0.3, 0.4) is 0 Å². The van der Waals surface area contributed by atoms with Crippen LogP contribution in [0.1, 0.15) is 28.1 Å². The summed E-state index contributed by atoms with van der Waals surface area (Å²) in [5.41, 5.74) is -0.171. The van der Waals surface area contributed by atoms with E-state index in [4.69, 9.17) is 11.6 Å². The molecule has 8 heteroatoms. The lowest BCUT2D eigenvalue weighted by Gasteiger charge is -2.38. The number of aryl methyl sites for hydroxylation is 1. The summed E-state index contributed by atoms with van der Waals surface area (Å²) in [6.07, 6.45) is 4.04. The summed E-state index contributed by atoms with van der Waals surface area (Å²) in [6, 6.07) is 3.39. The summed E-state index contributed by atoms with van der Waals surface area (Å²) in [4.78, 5) is 26.6. The van der Waals surface area contributed by atoms with Crippen molar-refractivity contribution in [2.45, 2.75) is 25.3 Å². The van der Waals surface area contributed by atoms with Crippen molar-refractivity contribution in [1.82, 2.24) is 14.7 Å². The molecule has 1 amide bonds. The number of piperidine rings is 1. The number of aliphatic carboxylic acids is 1. The number of carbonyl (C=O) groups is 2. The lowest BCUT2D eigenvalue weighted by molar-refractivity contribution is -0.150. The molecular formula is C15H16ClN3O3S. The Morgan fingerprint density at radius 1 is 1.35 bits per heavy atom. The highest BCUT2D eigenvalue weighted by Crippen LogP contribution is 2.32. The fourth-order valence-corrected chi connectivity index (χ4v) is 3.86. The Kier molecular flexibility index (Phi) is 4.16. The number of halogens is 1. The Morgan fingerprint density at radius 2 is 2.04 bits per heavy atom. The molecule has 0 radical (unpaired) electrons. The molecule has 6 nitrogen and oxygen atoms in total. The molecule has 0 bridgehead atoms. The molecule has 2 aromatic heterocycles. The number of carboxylic acids is 1. The zero-order valence-electron chi connectivity index (χ0n) is 12.5. The summed E-state index contributed by atoms with van der Waals surface area (Å²) in [6.45, 7) is 2.62. The highest BCUT2D eigenvalue weighted by atomic mass is 35.5. The molecule has 0 atom stereocenters. The molecule has 2 aromatic rings. The van der Waals surface area contributed by atoms with E-state index < -0.39 is 11.5 Å². The normalized spacial score (nSPS) is 17.2. The third-order valence-electron chi connectivity index (χ3n) is 4.21. The van der Waals surface area contributed by atoms with Crippen molar-refractivity contribution in [3.8, 4) is 0 Å². The molecule has 0 saturated carbocycles. The number of thiophene rings is 1. The van der Waals surface area contributed by atoms with Gasteiger partial charge in [-0.2, -0.15) is 5.10 Å². The molecule has 0 unspecified atom stereocenters. The maximum Gasteiger partial charge on any atom is 0.331 e. The first-order valence-electron chi connectivity index (χ1n) is 7.22. The zero-order chi connectivity index (χ0) is 16.6. The topological polar surface area (TPSA) is 75.4 Å². The highest BCUT2D eigenvalue weighted by Gasteiger charge is 2.45. The number of hydrogen-bond acceptors (Lipinski definition) is 4. The third kappa shape index (κ3) is 2.86. The van der Waals surface area contributed by atoms with Crippen LogP contribution in [0.25, 0.3) is 0 Å². The Hall–Kier alpha value is -1.86. The van der Waals surface area contributed by atoms with E-state index in [-0.39, 0.29) is 5.91 Å². The van der Waals surface area contributed by atoms with Crippen molar-refractivity contribution in [2.75, 3.05) is 13.1 Å². The van der Waals surface area contributed by atoms with Gasteiger partial charge in [-0.05, 0) is 24.6 Å². The van der Waals surface area contributed by atoms with Gasteiger partial charge in [0.15, 0.2) is 5.54 Å². The maximum atomic E-state index is 12.4. The second kappa shape index (κ2) is 5.98. The van der Waals surface area contributed by atoms with Gasteiger partial charge in [0.25, 0.3) is 5.91 Å². The summed E-state index contributed by atoms with van der Waals surface area (Å²) >= 11 is 7.11. The fraction of sp³-hybridized carbons (Fsp3) is 0.400. The van der Waals surface area contributed by atoms with Gasteiger partial charge < -0.3 is 10.0 Å². The Labute approximate surface area is 142 Å². The predicted octanol–water partition coefficient (Wildman–Crippen LogP) is 2.62. The van der Waals surface area contributed by atoms with Gasteiger partial charge in [-0.3, -0.25) is 9.48 Å². The van der Waals surface area contributed by atoms with Gasteiger partial charge in [-0.1, -0.05) is 11.6 Å². The second-order valence-electron chi connectivity index (χ2n) is 5.69. The lowest BCUT2D eigenvalue weighted by Crippen LogP contribution is -2.52. The molecule has 3 rings (SSSR count). The van der Waals surface area contributed by atoms with E-state index in [1.54, 1.807) is 29.4 Å². The fourth-order valence-electron chi connectivity index (χ4n) is 2.85. The number of carbonyl (C=O) groups excluding carboxylic acids is 1. The second-order valence-corrected chi connectivity index (χ2v) is 7.41. The first-order valence-corrected chi connectivity index (χ1v) is 8.41. The van der Waals surface area contributed by atoms with Gasteiger partial charge in [0.1, 0.15) is 0 Å². The molecule has 1 aliphatic heterocycles. The number of hydrogen-bond donors (Lipinski definition) is 1. The number of rotatable bonds is 3. The average molecular weight is 354 g/mol. The van der Waals surface area contributed by atoms with E-state index in [9.17, 15) is 14.7 Å². The largest absolute Gasteiger partial charge is 0.479 e. The van der Waals surface area contributed by atoms with Crippen LogP contribution in [0.4, 0.5) is 0 Å². The van der Waals surface area contributed by atoms with Crippen molar-refractivity contribution in [2.24, 2.45) is 0 Å². The van der Waals surface area contributed by atoms with Crippen molar-refractivity contribution in [3.63, 3.8) is 0 Å². The van der Waals surface area contributed by atoms with E-state index in [1.165, 1.54) is 16.0 Å². The summed E-state index contributed by atoms with van der Waals surface area (Å²) < 4.78 is 2.09. The first-order chi connectivity index (χ1) is 10.9. The number of carboxylic acid groups (broad SMARTS) is 1. The van der Waals surface area contributed by atoms with Gasteiger partial charge in [0.05, 0.1) is 15.4 Å². The molecule has 1 fully saturated rings. The van der Waals surface area contributed by atoms with E-state index in [0.29, 0.717) is 35.1 Å². The van der Waals surface area contributed by atoms with Crippen LogP contribution in [0, 0.1) is 6.92 Å². The standard InChI is InChI=1S/C15H16ClN3O3S/c1-10-8-17-19(9-10)15(14(21)22)4-6-18(7-5-15)13(20)11-2-3-12(16)23-11/h2-3,8-9H,4-7H2,1H3,(H,21,22). The summed E-state index contributed by atoms with van der Waals surface area (Å²) in [5, 5.41) is 13.9. The van der Waals surface area contributed by atoms with Crippen LogP contribution in [0.5, 0.6) is 0 Å². The molecule has 1 aliphatic rings. The van der Waals surface area contributed by atoms with E-state index in [2.05, 4.69) is 5.10 Å². The molecule has 23 heavy (non-hydrogen) atoms. The van der Waals surface area contributed by atoms with Crippen LogP contribution in [-0.4, -0.2) is 44.8 Å². The van der Waals surface area contributed by atoms with E-state index in [0.717, 1.165) is 5.56 Å². The minimum absolute atomic E-state index is 0.0995. The maximum absolute atomic E-state index is 12.4. The van der Waals surface area contributed by atoms with Crippen LogP contribution in [0.2, 0.25) is 4.34 Å². The highest BCUT2D eigenvalue weighted by molar-refractivity contribution is 7.17. The number of aromatic nitrogens is 2. The van der Waals surface area contributed by atoms with Crippen LogP contribution in [-0.2, 0) is 10.3 Å². The van der Waals surface area contributed by atoms with Crippen molar-refractivity contribution < 1.29 is 14.7 Å².